The molecule has 5 fully saturated rings. The normalized spacial score (nSPS) is 32.5. The van der Waals surface area contributed by atoms with E-state index in [-0.39, 0.29) is 0 Å². The van der Waals surface area contributed by atoms with Crippen LogP contribution in [0.5, 0.6) is 0 Å². The lowest BCUT2D eigenvalue weighted by Crippen LogP contribution is -2.85. The summed E-state index contributed by atoms with van der Waals surface area (Å²) in [7, 11) is 0. The highest BCUT2D eigenvalue weighted by Crippen LogP contribution is 3.04. The molecular weight excluding hydrogens is 1860 g/mol. The van der Waals surface area contributed by atoms with E-state index in [2.05, 4.69) is 6.55 Å². The highest BCUT2D eigenvalue weighted by molar-refractivity contribution is 9.05. The number of halogens is 35. The van der Waals surface area contributed by atoms with Crippen LogP contribution in [0.2, 0.25) is 32.7 Å². The number of hydrogen-bond donors (Lipinski definition) is 0. The Bertz CT molecular complexity index is 1270. The smallest absolute Gasteiger partial charge is 0.176 e. The highest BCUT2D eigenvalue weighted by Gasteiger charge is 3.43. The van der Waals surface area contributed by atoms with E-state index in [1.54, 1.807) is 19.6 Å². The van der Waals surface area contributed by atoms with Crippen molar-refractivity contribution in [2.24, 2.45) is 0 Å². The van der Waals surface area contributed by atoms with Crippen LogP contribution < -0.4 is 0 Å². The Hall–Kier alpha value is 14.5. The van der Waals surface area contributed by atoms with Gasteiger partial charge in [0.2, 0.25) is 25.7 Å². The van der Waals surface area contributed by atoms with Crippen molar-refractivity contribution in [3.8, 4) is 0 Å². The summed E-state index contributed by atoms with van der Waals surface area (Å²) in [5, 5.41) is 0. The monoisotopic (exact) mass is 1860 g/mol. The van der Waals surface area contributed by atoms with E-state index < -0.39 is 120 Å². The molecule has 0 aromatic heterocycles. The van der Waals surface area contributed by atoms with Crippen molar-refractivity contribution in [3.05, 3.63) is 0 Å². The van der Waals surface area contributed by atoms with Crippen LogP contribution in [-0.2, 0) is 0 Å². The molecule has 5 heterocycles. The predicted molar refractivity (Wildman–Crippen MR) is 352 cm³/mol. The first-order valence-corrected chi connectivity index (χ1v) is 112. The molecule has 0 saturated carbocycles. The van der Waals surface area contributed by atoms with Crippen LogP contribution in [0.25, 0.3) is 0 Å². The molecule has 5 unspecified atom stereocenters. The van der Waals surface area contributed by atoms with Gasteiger partial charge in [0.25, 0.3) is 25.1 Å². The summed E-state index contributed by atoms with van der Waals surface area (Å²) in [5.74, 6) is -7.66. The van der Waals surface area contributed by atoms with Crippen LogP contribution in [0.4, 0.5) is 0 Å². The van der Waals surface area contributed by atoms with Crippen molar-refractivity contribution < 1.29 is 0 Å². The molecule has 55 heteroatoms. The Labute approximate surface area is 529 Å². The van der Waals surface area contributed by atoms with Crippen LogP contribution >= 0.6 is 388 Å². The molecule has 60 heavy (non-hydrogen) atoms. The average molecular weight is 1880 g/mol. The van der Waals surface area contributed by atoms with Gasteiger partial charge in [-0.1, -0.05) is 13.1 Å². The van der Waals surface area contributed by atoms with E-state index in [9.17, 15) is 0 Å². The minimum absolute atomic E-state index is 1.20. The summed E-state index contributed by atoms with van der Waals surface area (Å²) in [6.07, 6.45) is -14.6. The maximum absolute atomic E-state index is 6.66. The summed E-state index contributed by atoms with van der Waals surface area (Å²) < 4.78 is 0. The molecule has 0 aromatic rings. The third-order valence-corrected chi connectivity index (χ3v) is 615. The zero-order valence-electron chi connectivity index (χ0n) is 28.4. The topological polar surface area (TPSA) is 0 Å². The van der Waals surface area contributed by atoms with Crippen molar-refractivity contribution in [1.29, 1.82) is 0 Å². The van der Waals surface area contributed by atoms with E-state index in [4.69, 9.17) is 388 Å². The Kier molecular flexibility index (Phi) is 29.0. The lowest BCUT2D eigenvalue weighted by atomic mass is 11.9. The fourth-order valence-electron chi connectivity index (χ4n) is 6.01. The molecule has 0 N–H and O–H groups in total. The highest BCUT2D eigenvalue weighted by atomic mass is 35.9. The van der Waals surface area contributed by atoms with Crippen molar-refractivity contribution in [2.75, 3.05) is 0 Å². The van der Waals surface area contributed by atoms with Crippen LogP contribution in [0.1, 0.15) is 0 Å². The Morgan fingerprint density at radius 1 is 0.317 bits per heavy atom. The van der Waals surface area contributed by atoms with E-state index >= 15 is 0 Å². The summed E-state index contributed by atoms with van der Waals surface area (Å²) in [5.41, 5.74) is -22.7. The number of rotatable bonds is 10. The van der Waals surface area contributed by atoms with E-state index in [0.717, 1.165) is 0 Å². The van der Waals surface area contributed by atoms with Gasteiger partial charge in [0.05, 0.1) is 6.63 Å². The van der Waals surface area contributed by atoms with E-state index in [0.29, 0.717) is 0 Å². The van der Waals surface area contributed by atoms with Gasteiger partial charge in [-0.15, -0.1) is 255 Å². The first kappa shape index (κ1) is 74.5. The van der Waals surface area contributed by atoms with E-state index in [1.807, 2.05) is 0 Å². The van der Waals surface area contributed by atoms with Gasteiger partial charge in [-0.25, -0.2) is 0 Å². The molecule has 0 spiro atoms. The van der Waals surface area contributed by atoms with Crippen molar-refractivity contribution in [1.82, 2.24) is 0 Å². The third-order valence-electron chi connectivity index (χ3n) is 9.46. The van der Waals surface area contributed by atoms with Crippen LogP contribution in [-0.4, -0.2) is 120 Å². The third kappa shape index (κ3) is 12.0. The fourth-order valence-corrected chi connectivity index (χ4v) is 1160. The van der Waals surface area contributed by atoms with E-state index in [1.165, 1.54) is 6.55 Å². The molecule has 0 aliphatic carbocycles. The fraction of sp³-hybridized carbons (Fsp3) is 1.00. The summed E-state index contributed by atoms with van der Waals surface area (Å²) in [6, 6.07) is 0. The molecule has 5 rings (SSSR count). The summed E-state index contributed by atoms with van der Waals surface area (Å²) in [4.78, 5) is 0. The standard InChI is InChI=1S/CH3Cl11Si5.CH5Cl7Si4.CH3Cl7Si3.CH3Cl5Si6.CH3Cl5Si2/c1-13(2,3)17(14(4,5)6,15(7,8)9)16(10,11)12;1-11(6,9(2)3)12(7,8)10(4)5;1-9(2,3)11(7,8)10(4,5)6;1-7-8(2)9(7,3)12(6)10(7,4)11(8,12)5;1-7(2,3)8(4,5)6/h1H3;9-10H,1H3;1H3;1H3;1H3. The van der Waals surface area contributed by atoms with Gasteiger partial charge in [0.15, 0.2) is 29.7 Å². The quantitative estimate of drug-likeness (QED) is 0.151. The molecule has 0 bridgehead atoms. The van der Waals surface area contributed by atoms with Gasteiger partial charge >= 0.3 is 33.3 Å². The van der Waals surface area contributed by atoms with Gasteiger partial charge in [-0.2, -0.15) is 133 Å². The maximum Gasteiger partial charge on any atom is 0.358 e. The molecule has 5 saturated heterocycles. The van der Waals surface area contributed by atoms with Crippen molar-refractivity contribution in [3.63, 3.8) is 0 Å². The summed E-state index contributed by atoms with van der Waals surface area (Å²) in [6.45, 7) is 3.38. The van der Waals surface area contributed by atoms with Crippen molar-refractivity contribution in [2.45, 2.75) is 32.7 Å². The molecule has 0 radical (unpaired) electrons. The maximum atomic E-state index is 6.66. The lowest BCUT2D eigenvalue weighted by Gasteiger charge is -2.46. The predicted octanol–water partition coefficient (Wildman–Crippen LogP) is 18.9. The van der Waals surface area contributed by atoms with Gasteiger partial charge in [0.1, 0.15) is 0 Å². The zero-order valence-corrected chi connectivity index (χ0v) is 75.2. The summed E-state index contributed by atoms with van der Waals surface area (Å²) >= 11 is 209. The molecule has 0 nitrogen and oxygen atoms in total. The average Bonchev–Trinajstić information content (AvgIpc) is 3.43. The molecule has 0 aromatic carbocycles. The van der Waals surface area contributed by atoms with Gasteiger partial charge in [-0.05, 0) is 19.6 Å². The second-order valence-corrected chi connectivity index (χ2v) is 296. The molecule has 5 aliphatic rings. The molecule has 0 amide bonds. The first-order chi connectivity index (χ1) is 25.1. The molecular formula is C5H17Cl35Si20. The Morgan fingerprint density at radius 2 is 0.550 bits per heavy atom. The lowest BCUT2D eigenvalue weighted by molar-refractivity contribution is 2.29. The second kappa shape index (κ2) is 23.4. The van der Waals surface area contributed by atoms with Gasteiger partial charge in [-0.3, -0.25) is 0 Å². The largest absolute Gasteiger partial charge is 0.358 e. The molecule has 5 aliphatic heterocycles. The molecule has 5 atom stereocenters. The minimum Gasteiger partial charge on any atom is -0.176 e. The SMILES string of the molecule is C[Si](Cl)(Cl)[Si](Cl)(Cl)Cl.C[Si](Cl)(Cl)[Si](Cl)(Cl)[Si](Cl)(Cl)Cl.C[Si](Cl)(Cl)[Si]([Si](Cl)(Cl)Cl)([Si](Cl)(Cl)Cl)[Si](Cl)(Cl)Cl.C[Si](Cl)([SiH](Cl)Cl)[Si](Cl)(Cl)[SiH](Cl)Cl.C[Si]12[Si]3(Cl)[Si]1(Cl)[Si]1(Cl)[Si]2(Cl)[Si]31Cl. The Morgan fingerprint density at radius 3 is 0.583 bits per heavy atom. The molecule has 362 valence electrons. The Balaban J connectivity index is 0.000000739. The number of hydrogen-bond acceptors (Lipinski definition) is 0. The van der Waals surface area contributed by atoms with Crippen LogP contribution in [0.3, 0.4) is 0 Å². The minimum atomic E-state index is -3.66. The van der Waals surface area contributed by atoms with Crippen LogP contribution in [0, 0.1) is 0 Å². The van der Waals surface area contributed by atoms with Crippen molar-refractivity contribution >= 4 is 508 Å². The van der Waals surface area contributed by atoms with Gasteiger partial charge < -0.3 is 0 Å². The first-order valence-electron chi connectivity index (χ1n) is 14.1. The van der Waals surface area contributed by atoms with Gasteiger partial charge in [0, 0.05) is 0 Å². The van der Waals surface area contributed by atoms with Crippen LogP contribution in [0.15, 0.2) is 0 Å². The second-order valence-electron chi connectivity index (χ2n) is 13.2. The zero-order chi connectivity index (χ0) is 50.2.